The zero-order valence-electron chi connectivity index (χ0n) is 18.6. The molecular weight excluding hydrogens is 404 g/mol. The van der Waals surface area contributed by atoms with Gasteiger partial charge in [-0.3, -0.25) is 9.59 Å². The average molecular weight is 437 g/mol. The molecule has 1 heterocycles. The van der Waals surface area contributed by atoms with Crippen LogP contribution in [0.1, 0.15) is 67.2 Å². The highest BCUT2D eigenvalue weighted by Gasteiger charge is 2.27. The summed E-state index contributed by atoms with van der Waals surface area (Å²) in [7, 11) is 1.62. The fourth-order valence-corrected chi connectivity index (χ4v) is 4.79. The molecule has 0 aliphatic heterocycles. The fourth-order valence-electron chi connectivity index (χ4n) is 4.79. The Bertz CT molecular complexity index is 972. The van der Waals surface area contributed by atoms with Gasteiger partial charge in [0.25, 0.3) is 5.91 Å². The summed E-state index contributed by atoms with van der Waals surface area (Å²) in [6.07, 6.45) is 11.1. The number of primary amides is 1. The van der Waals surface area contributed by atoms with Crippen molar-refractivity contribution in [1.29, 1.82) is 0 Å². The number of nitrogens with two attached hydrogens (primary N) is 1. The Hall–Kier alpha value is -3.09. The maximum Gasteiger partial charge on any atom is 0.267 e. The number of carbonyl (C=O) groups excluding carboxylic acids is 2. The van der Waals surface area contributed by atoms with Crippen LogP contribution in [0.25, 0.3) is 11.3 Å². The number of amides is 2. The number of aromatic nitrogens is 2. The Morgan fingerprint density at radius 3 is 2.53 bits per heavy atom. The summed E-state index contributed by atoms with van der Waals surface area (Å²) in [6.45, 7) is 0.740. The second-order valence-electron chi connectivity index (χ2n) is 8.93. The third-order valence-corrected chi connectivity index (χ3v) is 6.71. The van der Waals surface area contributed by atoms with E-state index >= 15 is 0 Å². The van der Waals surface area contributed by atoms with Crippen LogP contribution in [0.4, 0.5) is 0 Å². The number of nitrogens with one attached hydrogen (secondary N) is 2. The van der Waals surface area contributed by atoms with Gasteiger partial charge < -0.3 is 20.8 Å². The summed E-state index contributed by atoms with van der Waals surface area (Å²) in [4.78, 5) is 32.2. The van der Waals surface area contributed by atoms with Crippen molar-refractivity contribution in [2.75, 3.05) is 13.7 Å². The number of rotatable bonds is 8. The Morgan fingerprint density at radius 2 is 1.91 bits per heavy atom. The molecule has 1 saturated carbocycles. The van der Waals surface area contributed by atoms with Gasteiger partial charge in [-0.25, -0.2) is 4.98 Å². The summed E-state index contributed by atoms with van der Waals surface area (Å²) < 4.78 is 5.21. The molecule has 0 spiro atoms. The highest BCUT2D eigenvalue weighted by molar-refractivity contribution is 5.97. The van der Waals surface area contributed by atoms with Crippen LogP contribution in [-0.2, 0) is 4.79 Å². The van der Waals surface area contributed by atoms with Crippen molar-refractivity contribution in [3.63, 3.8) is 0 Å². The smallest absolute Gasteiger partial charge is 0.267 e. The standard InChI is InChI=1S/C25H32N4O3/c1-32-20-12-10-18(11-13-20)22-23(24(26)31)29-25(28-22)19-8-6-17(7-9-19)15-27-21(30)14-16-4-2-3-5-16/h2,4,10-13,16-17,19H,3,5-9,14-15H2,1H3,(H2,26,31)(H,27,30)(H,28,29). The van der Waals surface area contributed by atoms with E-state index in [9.17, 15) is 9.59 Å². The summed E-state index contributed by atoms with van der Waals surface area (Å²) in [6, 6.07) is 7.45. The lowest BCUT2D eigenvalue weighted by molar-refractivity contribution is -0.121. The number of hydrogen-bond donors (Lipinski definition) is 3. The number of ether oxygens (including phenoxy) is 1. The van der Waals surface area contributed by atoms with Crippen LogP contribution < -0.4 is 15.8 Å². The Labute approximate surface area is 188 Å². The first-order chi connectivity index (χ1) is 15.5. The van der Waals surface area contributed by atoms with Crippen molar-refractivity contribution < 1.29 is 14.3 Å². The van der Waals surface area contributed by atoms with Crippen molar-refractivity contribution in [2.45, 2.75) is 50.9 Å². The van der Waals surface area contributed by atoms with Gasteiger partial charge in [0.2, 0.25) is 5.91 Å². The largest absolute Gasteiger partial charge is 0.497 e. The number of hydrogen-bond acceptors (Lipinski definition) is 4. The summed E-state index contributed by atoms with van der Waals surface area (Å²) in [5.41, 5.74) is 7.39. The summed E-state index contributed by atoms with van der Waals surface area (Å²) in [5, 5.41) is 3.13. The predicted molar refractivity (Wildman–Crippen MR) is 123 cm³/mol. The second-order valence-corrected chi connectivity index (χ2v) is 8.93. The molecule has 2 aliphatic rings. The first kappa shape index (κ1) is 22.1. The maximum atomic E-state index is 12.2. The van der Waals surface area contributed by atoms with E-state index in [2.05, 4.69) is 22.5 Å². The third-order valence-electron chi connectivity index (χ3n) is 6.71. The van der Waals surface area contributed by atoms with E-state index in [4.69, 9.17) is 15.5 Å². The van der Waals surface area contributed by atoms with Gasteiger partial charge in [-0.1, -0.05) is 12.2 Å². The molecule has 7 heteroatoms. The second kappa shape index (κ2) is 10.0. The van der Waals surface area contributed by atoms with Gasteiger partial charge in [0.1, 0.15) is 23.0 Å². The first-order valence-corrected chi connectivity index (χ1v) is 11.5. The van der Waals surface area contributed by atoms with Gasteiger partial charge in [0.05, 0.1) is 7.11 Å². The molecule has 32 heavy (non-hydrogen) atoms. The van der Waals surface area contributed by atoms with Crippen molar-refractivity contribution in [3.05, 3.63) is 47.9 Å². The quantitative estimate of drug-likeness (QED) is 0.545. The van der Waals surface area contributed by atoms with Crippen LogP contribution in [-0.4, -0.2) is 35.4 Å². The van der Waals surface area contributed by atoms with Gasteiger partial charge in [-0.2, -0.15) is 0 Å². The topological polar surface area (TPSA) is 110 Å². The molecule has 1 unspecified atom stereocenters. The third kappa shape index (κ3) is 5.21. The zero-order chi connectivity index (χ0) is 22.5. The summed E-state index contributed by atoms with van der Waals surface area (Å²) >= 11 is 0. The Morgan fingerprint density at radius 1 is 1.16 bits per heavy atom. The highest BCUT2D eigenvalue weighted by Crippen LogP contribution is 2.36. The van der Waals surface area contributed by atoms with E-state index in [-0.39, 0.29) is 11.8 Å². The van der Waals surface area contributed by atoms with Gasteiger partial charge in [0.15, 0.2) is 0 Å². The van der Waals surface area contributed by atoms with Crippen molar-refractivity contribution in [2.24, 2.45) is 17.6 Å². The van der Waals surface area contributed by atoms with E-state index < -0.39 is 5.91 Å². The molecule has 1 aromatic heterocycles. The number of H-pyrrole nitrogens is 1. The van der Waals surface area contributed by atoms with Gasteiger partial charge in [-0.05, 0) is 74.6 Å². The molecule has 2 aliphatic carbocycles. The molecule has 4 N–H and O–H groups in total. The minimum Gasteiger partial charge on any atom is -0.497 e. The van der Waals surface area contributed by atoms with Gasteiger partial charge >= 0.3 is 0 Å². The van der Waals surface area contributed by atoms with E-state index in [1.54, 1.807) is 7.11 Å². The number of imidazole rings is 1. The average Bonchev–Trinajstić information content (AvgIpc) is 3.48. The highest BCUT2D eigenvalue weighted by atomic mass is 16.5. The number of aromatic amines is 1. The maximum absolute atomic E-state index is 12.2. The first-order valence-electron chi connectivity index (χ1n) is 11.5. The minimum absolute atomic E-state index is 0.157. The number of carbonyl (C=O) groups is 2. The summed E-state index contributed by atoms with van der Waals surface area (Å²) in [5.74, 6) is 2.36. The van der Waals surface area contributed by atoms with Crippen LogP contribution in [0.3, 0.4) is 0 Å². The van der Waals surface area contributed by atoms with Gasteiger partial charge in [0, 0.05) is 24.4 Å². The lowest BCUT2D eigenvalue weighted by Gasteiger charge is -2.27. The molecule has 170 valence electrons. The van der Waals surface area contributed by atoms with E-state index in [1.807, 2.05) is 24.3 Å². The lowest BCUT2D eigenvalue weighted by atomic mass is 9.81. The van der Waals surface area contributed by atoms with Crippen molar-refractivity contribution in [1.82, 2.24) is 15.3 Å². The number of allylic oxidation sites excluding steroid dienone is 2. The minimum atomic E-state index is -0.511. The molecule has 7 nitrogen and oxygen atoms in total. The van der Waals surface area contributed by atoms with Crippen molar-refractivity contribution in [3.8, 4) is 17.0 Å². The molecule has 0 bridgehead atoms. The number of methoxy groups -OCH3 is 1. The molecule has 1 atom stereocenters. The molecule has 2 amide bonds. The number of nitrogens with zero attached hydrogens (tertiary/aromatic N) is 1. The number of benzene rings is 1. The predicted octanol–water partition coefficient (Wildman–Crippen LogP) is 3.93. The monoisotopic (exact) mass is 436 g/mol. The molecule has 4 rings (SSSR count). The normalized spacial score (nSPS) is 22.6. The molecule has 0 saturated heterocycles. The zero-order valence-corrected chi connectivity index (χ0v) is 18.6. The molecule has 1 fully saturated rings. The van der Waals surface area contributed by atoms with Crippen LogP contribution in [0.5, 0.6) is 5.75 Å². The van der Waals surface area contributed by atoms with Crippen LogP contribution in [0, 0.1) is 11.8 Å². The van der Waals surface area contributed by atoms with E-state index in [0.29, 0.717) is 29.6 Å². The van der Waals surface area contributed by atoms with Gasteiger partial charge in [-0.15, -0.1) is 0 Å². The van der Waals surface area contributed by atoms with E-state index in [1.165, 1.54) is 0 Å². The molecule has 1 aromatic carbocycles. The molecule has 2 aromatic rings. The Balaban J connectivity index is 1.34. The molecular formula is C25H32N4O3. The lowest BCUT2D eigenvalue weighted by Crippen LogP contribution is -2.32. The SMILES string of the molecule is COc1ccc(-c2nc(C3CCC(CNC(=O)CC4C=CCC4)CC3)[nH]c2C(N)=O)cc1. The van der Waals surface area contributed by atoms with E-state index in [0.717, 1.165) is 62.2 Å². The van der Waals surface area contributed by atoms with Crippen molar-refractivity contribution >= 4 is 11.8 Å². The Kier molecular flexibility index (Phi) is 6.93. The van der Waals surface area contributed by atoms with Crippen LogP contribution in [0.2, 0.25) is 0 Å². The van der Waals surface area contributed by atoms with Crippen LogP contribution >= 0.6 is 0 Å². The molecule has 0 radical (unpaired) electrons. The fraction of sp³-hybridized carbons (Fsp3) is 0.480. The van der Waals surface area contributed by atoms with Crippen LogP contribution in [0.15, 0.2) is 36.4 Å².